The Bertz CT molecular complexity index is 549. The molecule has 1 N–H and O–H groups in total. The minimum Gasteiger partial charge on any atom is -0.310 e. The number of amides is 2. The number of imide groups is 1. The summed E-state index contributed by atoms with van der Waals surface area (Å²) in [7, 11) is 0. The van der Waals surface area contributed by atoms with Crippen LogP contribution >= 0.6 is 15.9 Å². The van der Waals surface area contributed by atoms with Crippen LogP contribution in [-0.4, -0.2) is 23.9 Å². The Balaban J connectivity index is 1.94. The van der Waals surface area contributed by atoms with Crippen molar-refractivity contribution in [2.45, 2.75) is 31.8 Å². The summed E-state index contributed by atoms with van der Waals surface area (Å²) in [5.41, 5.74) is 1.61. The number of anilines is 1. The van der Waals surface area contributed by atoms with Crippen molar-refractivity contribution in [2.75, 3.05) is 4.90 Å². The average Bonchev–Trinajstić information content (AvgIpc) is 2.81. The van der Waals surface area contributed by atoms with Gasteiger partial charge >= 0.3 is 0 Å². The smallest absolute Gasteiger partial charge is 0.239 e. The van der Waals surface area contributed by atoms with Crippen molar-refractivity contribution in [2.24, 2.45) is 0 Å². The lowest BCUT2D eigenvalue weighted by Crippen LogP contribution is -2.47. The van der Waals surface area contributed by atoms with Crippen LogP contribution in [0.1, 0.15) is 18.4 Å². The minimum absolute atomic E-state index is 0.0656. The van der Waals surface area contributed by atoms with Gasteiger partial charge in [0.05, 0.1) is 18.5 Å². The summed E-state index contributed by atoms with van der Waals surface area (Å²) in [6.07, 6.45) is 5.02. The molecule has 0 saturated carbocycles. The summed E-state index contributed by atoms with van der Waals surface area (Å²) in [5, 5.41) is 3.26. The Labute approximate surface area is 126 Å². The molecule has 4 nitrogen and oxygen atoms in total. The molecule has 2 atom stereocenters. The largest absolute Gasteiger partial charge is 0.310 e. The molecule has 2 unspecified atom stereocenters. The molecule has 5 heteroatoms. The molecule has 2 heterocycles. The number of halogens is 1. The van der Waals surface area contributed by atoms with Crippen LogP contribution in [0.25, 0.3) is 0 Å². The molecule has 104 valence electrons. The lowest BCUT2D eigenvalue weighted by atomic mass is 10.1. The standard InChI is InChI=1S/C15H15BrN2O2/c1-9-6-12(4-5-13(9)16)18-14(19)7-10-2-3-11(17-10)8-15(18)20/h4-8,10-11,17H,2-3H2,1H3. The maximum Gasteiger partial charge on any atom is 0.239 e. The normalized spacial score (nSPS) is 26.6. The van der Waals surface area contributed by atoms with Crippen LogP contribution in [0.5, 0.6) is 0 Å². The van der Waals surface area contributed by atoms with Crippen LogP contribution < -0.4 is 10.2 Å². The monoisotopic (exact) mass is 334 g/mol. The van der Waals surface area contributed by atoms with E-state index in [2.05, 4.69) is 21.2 Å². The summed E-state index contributed by atoms with van der Waals surface area (Å²) in [4.78, 5) is 25.9. The van der Waals surface area contributed by atoms with E-state index in [1.54, 1.807) is 18.9 Å². The van der Waals surface area contributed by atoms with Crippen LogP contribution in [0, 0.1) is 19.8 Å². The molecule has 2 amide bonds. The van der Waals surface area contributed by atoms with Crippen LogP contribution in [0.3, 0.4) is 0 Å². The van der Waals surface area contributed by atoms with Gasteiger partial charge in [-0.2, -0.15) is 0 Å². The molecule has 2 aliphatic heterocycles. The molecule has 2 bridgehead atoms. The number of nitrogens with zero attached hydrogens (tertiary/aromatic N) is 1. The molecule has 2 saturated heterocycles. The number of hydrogen-bond donors (Lipinski definition) is 1. The number of rotatable bonds is 1. The van der Waals surface area contributed by atoms with E-state index in [0.717, 1.165) is 22.9 Å². The fourth-order valence-corrected chi connectivity index (χ4v) is 2.93. The zero-order valence-electron chi connectivity index (χ0n) is 11.1. The van der Waals surface area contributed by atoms with Crippen LogP contribution in [0.4, 0.5) is 5.69 Å². The van der Waals surface area contributed by atoms with Gasteiger partial charge in [-0.25, -0.2) is 4.90 Å². The maximum absolute atomic E-state index is 12.3. The number of aryl methyl sites for hydroxylation is 1. The Kier molecular flexibility index (Phi) is 3.65. The summed E-state index contributed by atoms with van der Waals surface area (Å²) in [5.74, 6) is -0.517. The minimum atomic E-state index is -0.258. The number of benzene rings is 1. The third kappa shape index (κ3) is 2.52. The zero-order valence-corrected chi connectivity index (χ0v) is 12.7. The van der Waals surface area contributed by atoms with Gasteiger partial charge in [0.15, 0.2) is 0 Å². The molecule has 3 rings (SSSR count). The molecule has 20 heavy (non-hydrogen) atoms. The van der Waals surface area contributed by atoms with Gasteiger partial charge in [-0.05, 0) is 43.5 Å². The van der Waals surface area contributed by atoms with Gasteiger partial charge in [0, 0.05) is 16.6 Å². The summed E-state index contributed by atoms with van der Waals surface area (Å²) < 4.78 is 0.961. The summed E-state index contributed by atoms with van der Waals surface area (Å²) >= 11 is 3.43. The highest BCUT2D eigenvalue weighted by atomic mass is 79.9. The first-order valence-electron chi connectivity index (χ1n) is 6.64. The number of nitrogens with one attached hydrogen (secondary N) is 1. The third-order valence-corrected chi connectivity index (χ3v) is 4.63. The Morgan fingerprint density at radius 2 is 1.75 bits per heavy atom. The Morgan fingerprint density at radius 3 is 2.30 bits per heavy atom. The van der Waals surface area contributed by atoms with Gasteiger partial charge in [-0.15, -0.1) is 0 Å². The first kappa shape index (κ1) is 13.8. The molecule has 2 aliphatic rings. The van der Waals surface area contributed by atoms with Gasteiger partial charge in [0.1, 0.15) is 0 Å². The van der Waals surface area contributed by atoms with E-state index in [1.165, 1.54) is 4.90 Å². The second-order valence-corrected chi connectivity index (χ2v) is 6.09. The topological polar surface area (TPSA) is 49.4 Å². The molecular formula is C15H15BrN2O2. The quantitative estimate of drug-likeness (QED) is 0.800. The van der Waals surface area contributed by atoms with E-state index in [0.29, 0.717) is 5.69 Å². The second-order valence-electron chi connectivity index (χ2n) is 5.24. The van der Waals surface area contributed by atoms with E-state index in [1.807, 2.05) is 19.1 Å². The zero-order chi connectivity index (χ0) is 14.3. The molecule has 1 aromatic carbocycles. The number of carbonyl (C=O) groups excluding carboxylic acids is 2. The van der Waals surface area contributed by atoms with Crippen molar-refractivity contribution < 1.29 is 9.59 Å². The Hall–Kier alpha value is -1.20. The first-order chi connectivity index (χ1) is 9.54. The number of fused-ring (bicyclic) bond motifs is 2. The Morgan fingerprint density at radius 1 is 1.15 bits per heavy atom. The average molecular weight is 335 g/mol. The van der Waals surface area contributed by atoms with E-state index in [-0.39, 0.29) is 23.9 Å². The highest BCUT2D eigenvalue weighted by Gasteiger charge is 2.36. The maximum atomic E-state index is 12.3. The summed E-state index contributed by atoms with van der Waals surface area (Å²) in [6.45, 7) is 1.94. The van der Waals surface area contributed by atoms with Gasteiger partial charge in [-0.3, -0.25) is 9.59 Å². The van der Waals surface area contributed by atoms with Gasteiger partial charge in [0.2, 0.25) is 11.8 Å². The highest BCUT2D eigenvalue weighted by Crippen LogP contribution is 2.27. The predicted molar refractivity (Wildman–Crippen MR) is 79.9 cm³/mol. The van der Waals surface area contributed by atoms with Crippen molar-refractivity contribution >= 4 is 33.4 Å². The lowest BCUT2D eigenvalue weighted by molar-refractivity contribution is -0.123. The van der Waals surface area contributed by atoms with E-state index in [4.69, 9.17) is 0 Å². The van der Waals surface area contributed by atoms with Crippen molar-refractivity contribution in [1.29, 1.82) is 0 Å². The molecule has 2 fully saturated rings. The molecule has 1 aromatic rings. The van der Waals surface area contributed by atoms with E-state index < -0.39 is 0 Å². The molecule has 2 radical (unpaired) electrons. The second kappa shape index (κ2) is 5.30. The SMILES string of the molecule is Cc1cc(N2C(=O)[CH]C3CCC([CH]C2=O)N3)ccc1Br. The fraction of sp³-hybridized carbons (Fsp3) is 0.333. The van der Waals surface area contributed by atoms with Crippen molar-refractivity contribution in [3.05, 3.63) is 41.1 Å². The van der Waals surface area contributed by atoms with Crippen molar-refractivity contribution in [3.63, 3.8) is 0 Å². The van der Waals surface area contributed by atoms with Crippen LogP contribution in [0.15, 0.2) is 22.7 Å². The lowest BCUT2D eigenvalue weighted by Gasteiger charge is -2.26. The van der Waals surface area contributed by atoms with Gasteiger partial charge < -0.3 is 5.32 Å². The highest BCUT2D eigenvalue weighted by molar-refractivity contribution is 9.10. The van der Waals surface area contributed by atoms with Crippen molar-refractivity contribution in [3.8, 4) is 0 Å². The van der Waals surface area contributed by atoms with Crippen molar-refractivity contribution in [1.82, 2.24) is 5.32 Å². The van der Waals surface area contributed by atoms with Crippen LogP contribution in [0.2, 0.25) is 0 Å². The van der Waals surface area contributed by atoms with E-state index >= 15 is 0 Å². The fourth-order valence-electron chi connectivity index (χ4n) is 2.69. The van der Waals surface area contributed by atoms with Gasteiger partial charge in [-0.1, -0.05) is 15.9 Å². The van der Waals surface area contributed by atoms with Crippen LogP contribution in [-0.2, 0) is 9.59 Å². The molecule has 0 aliphatic carbocycles. The third-order valence-electron chi connectivity index (χ3n) is 3.74. The summed E-state index contributed by atoms with van der Waals surface area (Å²) in [6, 6.07) is 5.62. The van der Waals surface area contributed by atoms with Gasteiger partial charge in [0.25, 0.3) is 0 Å². The molecule has 0 spiro atoms. The number of hydrogen-bond acceptors (Lipinski definition) is 3. The number of carbonyl (C=O) groups is 2. The first-order valence-corrected chi connectivity index (χ1v) is 7.44. The molecule has 0 aromatic heterocycles. The predicted octanol–water partition coefficient (Wildman–Crippen LogP) is 2.16. The van der Waals surface area contributed by atoms with E-state index in [9.17, 15) is 9.59 Å². The molecular weight excluding hydrogens is 320 g/mol.